The molecule has 180 valence electrons. The van der Waals surface area contributed by atoms with Crippen molar-refractivity contribution in [1.29, 1.82) is 0 Å². The predicted octanol–water partition coefficient (Wildman–Crippen LogP) is 1.30. The van der Waals surface area contributed by atoms with Gasteiger partial charge in [0.1, 0.15) is 0 Å². The van der Waals surface area contributed by atoms with Gasteiger partial charge >= 0.3 is 6.09 Å². The Morgan fingerprint density at radius 3 is 1.91 bits per heavy atom. The summed E-state index contributed by atoms with van der Waals surface area (Å²) in [6.45, 7) is 6.59. The molecule has 0 aliphatic carbocycles. The monoisotopic (exact) mass is 456 g/mol. The first-order valence-electron chi connectivity index (χ1n) is 11.6. The summed E-state index contributed by atoms with van der Waals surface area (Å²) in [4.78, 5) is 16.9. The molecule has 2 heterocycles. The molecule has 0 bridgehead atoms. The van der Waals surface area contributed by atoms with Crippen molar-refractivity contribution in [2.45, 2.75) is 25.2 Å². The lowest BCUT2D eigenvalue weighted by Gasteiger charge is -2.39. The van der Waals surface area contributed by atoms with E-state index in [-0.39, 0.29) is 25.3 Å². The lowest BCUT2D eigenvalue weighted by Crippen LogP contribution is -2.55. The number of hydrogen-bond acceptors (Lipinski definition) is 6. The summed E-state index contributed by atoms with van der Waals surface area (Å²) in [5.74, 6) is 0. The molecule has 8 nitrogen and oxygen atoms in total. The zero-order chi connectivity index (χ0) is 23.5. The lowest BCUT2D eigenvalue weighted by molar-refractivity contribution is 0.0387. The minimum atomic E-state index is -0.951. The maximum Gasteiger partial charge on any atom is 0.407 e. The largest absolute Gasteiger partial charge is 0.465 e. The third-order valence-electron chi connectivity index (χ3n) is 6.08. The summed E-state index contributed by atoms with van der Waals surface area (Å²) < 4.78 is 0. The van der Waals surface area contributed by atoms with Gasteiger partial charge in [-0.2, -0.15) is 0 Å². The van der Waals surface area contributed by atoms with Crippen molar-refractivity contribution in [2.75, 3.05) is 52.5 Å². The molecule has 1 amide bonds. The lowest BCUT2D eigenvalue weighted by atomic mass is 10.1. The number of piperazine rings is 2. The molecule has 0 radical (unpaired) electrons. The number of benzene rings is 2. The van der Waals surface area contributed by atoms with Gasteiger partial charge in [0.2, 0.25) is 0 Å². The van der Waals surface area contributed by atoms with E-state index < -0.39 is 6.09 Å². The molecule has 2 aliphatic rings. The van der Waals surface area contributed by atoms with E-state index in [1.807, 2.05) is 24.3 Å². The molecule has 8 heteroatoms. The standard InChI is InChI=1S/C13H18N2O3.C12H18N2O/c16-10-12-9-14(6-7-15(12)13(17)18)8-11-4-2-1-3-5-11;15-10-12-9-14(7-6-13-12)8-11-4-2-1-3-5-11/h1-5,12,16H,6-10H2,(H,17,18);1-5,12-13,15H,6-10H2/t2*12-/m00/s1. The minimum absolute atomic E-state index is 0.127. The summed E-state index contributed by atoms with van der Waals surface area (Å²) >= 11 is 0. The molecule has 2 aromatic rings. The highest BCUT2D eigenvalue weighted by atomic mass is 16.4. The molecule has 2 aliphatic heterocycles. The molecule has 4 N–H and O–H groups in total. The smallest absolute Gasteiger partial charge is 0.407 e. The van der Waals surface area contributed by atoms with E-state index in [1.54, 1.807) is 0 Å². The van der Waals surface area contributed by atoms with Crippen LogP contribution in [-0.2, 0) is 13.1 Å². The van der Waals surface area contributed by atoms with E-state index in [4.69, 9.17) is 10.2 Å². The van der Waals surface area contributed by atoms with Crippen LogP contribution in [0.2, 0.25) is 0 Å². The fourth-order valence-electron chi connectivity index (χ4n) is 4.31. The van der Waals surface area contributed by atoms with Gasteiger partial charge in [0.15, 0.2) is 0 Å². The Kier molecular flexibility index (Phi) is 10.1. The summed E-state index contributed by atoms with van der Waals surface area (Å²) in [5.41, 5.74) is 2.55. The number of rotatable bonds is 6. The zero-order valence-electron chi connectivity index (χ0n) is 19.1. The Bertz CT molecular complexity index is 824. The fourth-order valence-corrected chi connectivity index (χ4v) is 4.31. The van der Waals surface area contributed by atoms with Gasteiger partial charge in [0, 0.05) is 58.4 Å². The third kappa shape index (κ3) is 8.10. The summed E-state index contributed by atoms with van der Waals surface area (Å²) in [5, 5.41) is 30.7. The highest BCUT2D eigenvalue weighted by Gasteiger charge is 2.29. The normalized spacial score (nSPS) is 21.8. The van der Waals surface area contributed by atoms with Crippen molar-refractivity contribution in [1.82, 2.24) is 20.0 Å². The number of carboxylic acid groups (broad SMARTS) is 1. The maximum absolute atomic E-state index is 11.0. The van der Waals surface area contributed by atoms with Crippen molar-refractivity contribution in [3.8, 4) is 0 Å². The first-order chi connectivity index (χ1) is 16.1. The van der Waals surface area contributed by atoms with E-state index in [2.05, 4.69) is 51.5 Å². The van der Waals surface area contributed by atoms with E-state index >= 15 is 0 Å². The van der Waals surface area contributed by atoms with Crippen LogP contribution in [0.3, 0.4) is 0 Å². The van der Waals surface area contributed by atoms with Crippen LogP contribution in [0.1, 0.15) is 11.1 Å². The molecule has 2 aromatic carbocycles. The summed E-state index contributed by atoms with van der Waals surface area (Å²) in [7, 11) is 0. The van der Waals surface area contributed by atoms with Gasteiger partial charge in [0.05, 0.1) is 19.3 Å². The summed E-state index contributed by atoms with van der Waals surface area (Å²) in [6, 6.07) is 20.5. The van der Waals surface area contributed by atoms with Gasteiger partial charge in [-0.1, -0.05) is 60.7 Å². The van der Waals surface area contributed by atoms with E-state index in [1.165, 1.54) is 16.0 Å². The second-order valence-electron chi connectivity index (χ2n) is 8.59. The van der Waals surface area contributed by atoms with Crippen LogP contribution in [0.5, 0.6) is 0 Å². The Hall–Kier alpha value is -2.49. The van der Waals surface area contributed by atoms with Gasteiger partial charge < -0.3 is 25.5 Å². The molecule has 0 unspecified atom stereocenters. The number of amides is 1. The van der Waals surface area contributed by atoms with Crippen LogP contribution < -0.4 is 5.32 Å². The SMILES string of the molecule is O=C(O)N1CCN(Cc2ccccc2)C[C@H]1CO.OC[C@@H]1CN(Cc2ccccc2)CCN1. The molecule has 0 aromatic heterocycles. The number of hydrogen-bond donors (Lipinski definition) is 4. The van der Waals surface area contributed by atoms with E-state index in [9.17, 15) is 9.90 Å². The number of nitrogens with zero attached hydrogens (tertiary/aromatic N) is 3. The molecule has 33 heavy (non-hydrogen) atoms. The van der Waals surface area contributed by atoms with Crippen molar-refractivity contribution in [3.05, 3.63) is 71.8 Å². The van der Waals surface area contributed by atoms with Crippen LogP contribution in [0, 0.1) is 0 Å². The highest BCUT2D eigenvalue weighted by Crippen LogP contribution is 2.13. The molecular formula is C25H36N4O4. The molecule has 2 saturated heterocycles. The number of nitrogens with one attached hydrogen (secondary N) is 1. The van der Waals surface area contributed by atoms with Gasteiger partial charge in [-0.15, -0.1) is 0 Å². The molecule has 0 saturated carbocycles. The first-order valence-corrected chi connectivity index (χ1v) is 11.6. The third-order valence-corrected chi connectivity index (χ3v) is 6.08. The number of carbonyl (C=O) groups is 1. The fraction of sp³-hybridized carbons (Fsp3) is 0.480. The second kappa shape index (κ2) is 13.3. The Balaban J connectivity index is 0.000000189. The van der Waals surface area contributed by atoms with Crippen LogP contribution >= 0.6 is 0 Å². The number of aliphatic hydroxyl groups is 2. The topological polar surface area (TPSA) is 99.5 Å². The average molecular weight is 457 g/mol. The van der Waals surface area contributed by atoms with Crippen LogP contribution in [0.15, 0.2) is 60.7 Å². The quantitative estimate of drug-likeness (QED) is 0.520. The highest BCUT2D eigenvalue weighted by molar-refractivity contribution is 5.65. The molecule has 4 rings (SSSR count). The Labute approximate surface area is 196 Å². The molecule has 2 atom stereocenters. The Morgan fingerprint density at radius 1 is 0.818 bits per heavy atom. The molecule has 0 spiro atoms. The summed E-state index contributed by atoms with van der Waals surface area (Å²) in [6.07, 6.45) is -0.951. The molecule has 2 fully saturated rings. The van der Waals surface area contributed by atoms with Gasteiger partial charge in [-0.25, -0.2) is 4.79 Å². The van der Waals surface area contributed by atoms with Crippen molar-refractivity contribution >= 4 is 6.09 Å². The van der Waals surface area contributed by atoms with Crippen LogP contribution in [0.4, 0.5) is 4.79 Å². The van der Waals surface area contributed by atoms with Crippen molar-refractivity contribution < 1.29 is 20.1 Å². The maximum atomic E-state index is 11.0. The zero-order valence-corrected chi connectivity index (χ0v) is 19.1. The minimum Gasteiger partial charge on any atom is -0.465 e. The van der Waals surface area contributed by atoms with Gasteiger partial charge in [-0.3, -0.25) is 9.80 Å². The van der Waals surface area contributed by atoms with Crippen LogP contribution in [0.25, 0.3) is 0 Å². The molecular weight excluding hydrogens is 420 g/mol. The predicted molar refractivity (Wildman–Crippen MR) is 128 cm³/mol. The first kappa shape index (κ1) is 25.1. The number of aliphatic hydroxyl groups excluding tert-OH is 2. The second-order valence-corrected chi connectivity index (χ2v) is 8.59. The van der Waals surface area contributed by atoms with Crippen molar-refractivity contribution in [3.63, 3.8) is 0 Å². The van der Waals surface area contributed by atoms with Gasteiger partial charge in [0.25, 0.3) is 0 Å². The van der Waals surface area contributed by atoms with E-state index in [0.29, 0.717) is 19.6 Å². The Morgan fingerprint density at radius 2 is 1.39 bits per heavy atom. The average Bonchev–Trinajstić information content (AvgIpc) is 2.85. The van der Waals surface area contributed by atoms with Gasteiger partial charge in [-0.05, 0) is 11.1 Å². The van der Waals surface area contributed by atoms with Crippen molar-refractivity contribution in [2.24, 2.45) is 0 Å². The van der Waals surface area contributed by atoms with E-state index in [0.717, 1.165) is 32.7 Å². The van der Waals surface area contributed by atoms with Crippen LogP contribution in [-0.4, -0.2) is 101 Å².